The van der Waals surface area contributed by atoms with Gasteiger partial charge in [-0.3, -0.25) is 4.79 Å². The van der Waals surface area contributed by atoms with Gasteiger partial charge in [-0.05, 0) is 61.5 Å². The van der Waals surface area contributed by atoms with E-state index in [-0.39, 0.29) is 5.57 Å². The number of para-hydroxylation sites is 1. The molecule has 180 valence electrons. The Labute approximate surface area is 219 Å². The Morgan fingerprint density at radius 2 is 1.86 bits per heavy atom. The lowest BCUT2D eigenvalue weighted by molar-refractivity contribution is -0.116. The van der Waals surface area contributed by atoms with E-state index in [0.29, 0.717) is 40.2 Å². The number of rotatable bonds is 8. The van der Waals surface area contributed by atoms with Gasteiger partial charge in [-0.15, -0.1) is 0 Å². The highest BCUT2D eigenvalue weighted by molar-refractivity contribution is 6.35. The van der Waals surface area contributed by atoms with Crippen molar-refractivity contribution in [2.45, 2.75) is 13.5 Å². The SMILES string of the molecule is CCNC(=O)/C(C#N)=C/c1cn(-c2ccccc2)nc1-c1ccc(OCc2ccc(Cl)cc2Cl)cc1. The number of carbonyl (C=O) groups excluding carboxylic acids is 1. The fraction of sp³-hybridized carbons (Fsp3) is 0.107. The Bertz CT molecular complexity index is 1440. The Morgan fingerprint density at radius 3 is 2.53 bits per heavy atom. The molecule has 3 aromatic carbocycles. The van der Waals surface area contributed by atoms with E-state index in [9.17, 15) is 10.1 Å². The molecule has 4 rings (SSSR count). The van der Waals surface area contributed by atoms with Crippen LogP contribution >= 0.6 is 23.2 Å². The number of nitrogens with zero attached hydrogens (tertiary/aromatic N) is 3. The first kappa shape index (κ1) is 25.1. The van der Waals surface area contributed by atoms with Crippen molar-refractivity contribution in [3.63, 3.8) is 0 Å². The van der Waals surface area contributed by atoms with Crippen molar-refractivity contribution in [1.82, 2.24) is 15.1 Å². The summed E-state index contributed by atoms with van der Waals surface area (Å²) in [4.78, 5) is 12.3. The summed E-state index contributed by atoms with van der Waals surface area (Å²) in [6, 6.07) is 24.3. The molecule has 0 saturated heterocycles. The van der Waals surface area contributed by atoms with E-state index >= 15 is 0 Å². The monoisotopic (exact) mass is 516 g/mol. The van der Waals surface area contributed by atoms with Crippen molar-refractivity contribution in [2.24, 2.45) is 0 Å². The molecule has 36 heavy (non-hydrogen) atoms. The van der Waals surface area contributed by atoms with Crippen LogP contribution in [0.25, 0.3) is 23.0 Å². The molecule has 0 aliphatic heterocycles. The maximum atomic E-state index is 12.3. The van der Waals surface area contributed by atoms with Gasteiger partial charge >= 0.3 is 0 Å². The molecule has 1 N–H and O–H groups in total. The smallest absolute Gasteiger partial charge is 0.261 e. The van der Waals surface area contributed by atoms with Gasteiger partial charge in [-0.1, -0.05) is 47.5 Å². The van der Waals surface area contributed by atoms with Crippen molar-refractivity contribution >= 4 is 35.2 Å². The second kappa shape index (κ2) is 11.6. The molecule has 4 aromatic rings. The number of benzene rings is 3. The Morgan fingerprint density at radius 1 is 1.11 bits per heavy atom. The highest BCUT2D eigenvalue weighted by atomic mass is 35.5. The van der Waals surface area contributed by atoms with Gasteiger partial charge in [0.25, 0.3) is 5.91 Å². The molecule has 0 aliphatic carbocycles. The van der Waals surface area contributed by atoms with Gasteiger partial charge in [0.2, 0.25) is 0 Å². The first-order valence-electron chi connectivity index (χ1n) is 11.2. The van der Waals surface area contributed by atoms with Crippen LogP contribution < -0.4 is 10.1 Å². The molecule has 0 atom stereocenters. The number of hydrogen-bond donors (Lipinski definition) is 1. The second-order valence-corrected chi connectivity index (χ2v) is 8.63. The third-order valence-electron chi connectivity index (χ3n) is 5.30. The first-order chi connectivity index (χ1) is 17.5. The summed E-state index contributed by atoms with van der Waals surface area (Å²) in [5, 5.41) is 18.1. The highest BCUT2D eigenvalue weighted by Crippen LogP contribution is 2.28. The van der Waals surface area contributed by atoms with Crippen LogP contribution in [-0.2, 0) is 11.4 Å². The number of ether oxygens (including phenoxy) is 1. The molecule has 6 nitrogen and oxygen atoms in total. The normalized spacial score (nSPS) is 11.1. The van der Waals surface area contributed by atoms with Crippen molar-refractivity contribution in [2.75, 3.05) is 6.54 Å². The Kier molecular flexibility index (Phi) is 8.06. The number of amides is 1. The van der Waals surface area contributed by atoms with Gasteiger partial charge in [0.1, 0.15) is 24.0 Å². The average Bonchev–Trinajstić information content (AvgIpc) is 3.31. The Hall–Kier alpha value is -4.05. The van der Waals surface area contributed by atoms with Crippen molar-refractivity contribution in [3.8, 4) is 28.8 Å². The lowest BCUT2D eigenvalue weighted by Crippen LogP contribution is -2.23. The van der Waals surface area contributed by atoms with Gasteiger partial charge in [-0.2, -0.15) is 10.4 Å². The van der Waals surface area contributed by atoms with Gasteiger partial charge in [-0.25, -0.2) is 4.68 Å². The molecule has 1 heterocycles. The van der Waals surface area contributed by atoms with Gasteiger partial charge in [0.15, 0.2) is 0 Å². The van der Waals surface area contributed by atoms with E-state index in [1.54, 1.807) is 36.0 Å². The average molecular weight is 517 g/mol. The number of aromatic nitrogens is 2. The topological polar surface area (TPSA) is 79.9 Å². The molecule has 0 unspecified atom stereocenters. The van der Waals surface area contributed by atoms with E-state index in [4.69, 9.17) is 33.0 Å². The molecule has 0 saturated carbocycles. The lowest BCUT2D eigenvalue weighted by atomic mass is 10.1. The summed E-state index contributed by atoms with van der Waals surface area (Å²) in [6.45, 7) is 2.52. The molecule has 0 spiro atoms. The van der Waals surface area contributed by atoms with Gasteiger partial charge < -0.3 is 10.1 Å². The molecule has 0 radical (unpaired) electrons. The van der Waals surface area contributed by atoms with Crippen LogP contribution in [0, 0.1) is 11.3 Å². The van der Waals surface area contributed by atoms with Crippen molar-refractivity contribution in [1.29, 1.82) is 5.26 Å². The minimum Gasteiger partial charge on any atom is -0.489 e. The van der Waals surface area contributed by atoms with Crippen molar-refractivity contribution < 1.29 is 9.53 Å². The van der Waals surface area contributed by atoms with E-state index < -0.39 is 5.91 Å². The zero-order chi connectivity index (χ0) is 25.5. The quantitative estimate of drug-likeness (QED) is 0.215. The van der Waals surface area contributed by atoms with E-state index in [0.717, 1.165) is 16.8 Å². The number of likely N-dealkylation sites (N-methyl/N-ethyl adjacent to an activating group) is 1. The summed E-state index contributed by atoms with van der Waals surface area (Å²) < 4.78 is 7.61. The summed E-state index contributed by atoms with van der Waals surface area (Å²) in [5.74, 6) is 0.229. The third kappa shape index (κ3) is 5.95. The van der Waals surface area contributed by atoms with Gasteiger partial charge in [0.05, 0.1) is 11.4 Å². The minimum absolute atomic E-state index is 0.00510. The minimum atomic E-state index is -0.428. The molecule has 0 fully saturated rings. The van der Waals surface area contributed by atoms with Crippen LogP contribution in [0.2, 0.25) is 10.0 Å². The maximum absolute atomic E-state index is 12.3. The summed E-state index contributed by atoms with van der Waals surface area (Å²) in [5.41, 5.74) is 3.77. The standard InChI is InChI=1S/C28H22Cl2N4O2/c1-2-32-28(35)21(16-31)14-22-17-34(24-6-4-3-5-7-24)33-27(22)19-9-12-25(13-10-19)36-18-20-8-11-23(29)15-26(20)30/h3-15,17H,2,18H2,1H3,(H,32,35)/b21-14+. The van der Waals surface area contributed by atoms with Crippen LogP contribution in [0.1, 0.15) is 18.1 Å². The summed E-state index contributed by atoms with van der Waals surface area (Å²) in [6.07, 6.45) is 3.36. The predicted octanol–water partition coefficient (Wildman–Crippen LogP) is 6.47. The number of hydrogen-bond acceptors (Lipinski definition) is 4. The largest absolute Gasteiger partial charge is 0.489 e. The first-order valence-corrected chi connectivity index (χ1v) is 12.0. The second-order valence-electron chi connectivity index (χ2n) is 7.79. The van der Waals surface area contributed by atoms with Crippen LogP contribution in [0.15, 0.2) is 84.6 Å². The number of halogens is 2. The number of carbonyl (C=O) groups is 1. The zero-order valence-corrected chi connectivity index (χ0v) is 20.9. The molecular weight excluding hydrogens is 495 g/mol. The molecule has 1 aromatic heterocycles. The fourth-order valence-corrected chi connectivity index (χ4v) is 3.96. The maximum Gasteiger partial charge on any atom is 0.261 e. The third-order valence-corrected chi connectivity index (χ3v) is 5.89. The van der Waals surface area contributed by atoms with E-state index in [1.807, 2.05) is 66.7 Å². The van der Waals surface area contributed by atoms with Crippen molar-refractivity contribution in [3.05, 3.63) is 106 Å². The molecule has 8 heteroatoms. The van der Waals surface area contributed by atoms with E-state index in [1.165, 1.54) is 0 Å². The van der Waals surface area contributed by atoms with Crippen LogP contribution in [0.5, 0.6) is 5.75 Å². The van der Waals surface area contributed by atoms with Crippen LogP contribution in [0.3, 0.4) is 0 Å². The Balaban J connectivity index is 1.64. The fourth-order valence-electron chi connectivity index (χ4n) is 3.50. The zero-order valence-electron chi connectivity index (χ0n) is 19.4. The number of nitrogens with one attached hydrogen (secondary N) is 1. The van der Waals surface area contributed by atoms with Gasteiger partial charge in [0, 0.05) is 39.5 Å². The van der Waals surface area contributed by atoms with E-state index in [2.05, 4.69) is 5.32 Å². The molecular formula is C28H22Cl2N4O2. The molecule has 0 bridgehead atoms. The van der Waals surface area contributed by atoms with Crippen LogP contribution in [0.4, 0.5) is 0 Å². The summed E-state index contributed by atoms with van der Waals surface area (Å²) >= 11 is 12.2. The number of nitriles is 1. The molecule has 1 amide bonds. The lowest BCUT2D eigenvalue weighted by Gasteiger charge is -2.09. The summed E-state index contributed by atoms with van der Waals surface area (Å²) in [7, 11) is 0. The predicted molar refractivity (Wildman–Crippen MR) is 142 cm³/mol. The van der Waals surface area contributed by atoms with Crippen LogP contribution in [-0.4, -0.2) is 22.2 Å². The highest BCUT2D eigenvalue weighted by Gasteiger charge is 2.15. The molecule has 0 aliphatic rings.